The van der Waals surface area contributed by atoms with Crippen molar-refractivity contribution < 1.29 is 0 Å². The third-order valence-corrected chi connectivity index (χ3v) is 9.99. The first-order valence-electron chi connectivity index (χ1n) is 14.9. The Labute approximate surface area is 243 Å². The third-order valence-electron chi connectivity index (χ3n) is 9.99. The van der Waals surface area contributed by atoms with Gasteiger partial charge >= 0.3 is 0 Å². The van der Waals surface area contributed by atoms with Crippen molar-refractivity contribution in [3.8, 4) is 11.1 Å². The molecule has 1 unspecified atom stereocenters. The Morgan fingerprint density at radius 1 is 0.634 bits per heavy atom. The van der Waals surface area contributed by atoms with Gasteiger partial charge in [-0.25, -0.2) is 0 Å². The molecular weight excluding hydrogens is 494 g/mol. The van der Waals surface area contributed by atoms with E-state index < -0.39 is 0 Å². The van der Waals surface area contributed by atoms with Crippen molar-refractivity contribution in [2.24, 2.45) is 5.92 Å². The monoisotopic (exact) mass is 529 g/mol. The zero-order chi connectivity index (χ0) is 27.9. The molecule has 1 atom stereocenters. The smallest absolute Gasteiger partial charge is 0.0458 e. The van der Waals surface area contributed by atoms with Crippen LogP contribution in [0.15, 0.2) is 138 Å². The summed E-state index contributed by atoms with van der Waals surface area (Å²) in [5, 5.41) is 0. The van der Waals surface area contributed by atoms with Gasteiger partial charge < -0.3 is 4.90 Å². The minimum absolute atomic E-state index is 0.0122. The minimum atomic E-state index is -0.112. The normalized spacial score (nSPS) is 20.3. The molecule has 4 aromatic rings. The molecule has 0 saturated carbocycles. The van der Waals surface area contributed by atoms with Crippen LogP contribution in [0.2, 0.25) is 0 Å². The Kier molecular flexibility index (Phi) is 5.11. The molecule has 0 aromatic heterocycles. The molecule has 0 fully saturated rings. The van der Waals surface area contributed by atoms with Crippen LogP contribution >= 0.6 is 0 Å². The van der Waals surface area contributed by atoms with Gasteiger partial charge in [-0.2, -0.15) is 0 Å². The Balaban J connectivity index is 1.38. The maximum atomic E-state index is 2.55. The highest BCUT2D eigenvalue weighted by atomic mass is 15.2. The quantitative estimate of drug-likeness (QED) is 0.255. The summed E-state index contributed by atoms with van der Waals surface area (Å²) in [6, 6.07) is 35.8. The van der Waals surface area contributed by atoms with E-state index in [0.29, 0.717) is 5.92 Å². The van der Waals surface area contributed by atoms with Gasteiger partial charge in [0.15, 0.2) is 0 Å². The number of rotatable bonds is 3. The van der Waals surface area contributed by atoms with Crippen molar-refractivity contribution in [1.29, 1.82) is 0 Å². The van der Waals surface area contributed by atoms with Crippen molar-refractivity contribution >= 4 is 16.9 Å². The molecule has 4 aliphatic rings. The molecular formula is C40H35N. The lowest BCUT2D eigenvalue weighted by molar-refractivity contribution is 0.637. The average Bonchev–Trinajstić information content (AvgIpc) is 3.37. The Hall–Kier alpha value is -4.36. The van der Waals surface area contributed by atoms with Crippen LogP contribution in [0.5, 0.6) is 0 Å². The van der Waals surface area contributed by atoms with Crippen LogP contribution in [0, 0.1) is 5.92 Å². The van der Waals surface area contributed by atoms with Crippen molar-refractivity contribution in [3.05, 3.63) is 160 Å². The number of hydrogen-bond donors (Lipinski definition) is 0. The lowest BCUT2D eigenvalue weighted by Gasteiger charge is -2.39. The summed E-state index contributed by atoms with van der Waals surface area (Å²) in [7, 11) is 0. The van der Waals surface area contributed by atoms with Crippen LogP contribution in [-0.4, -0.2) is 0 Å². The predicted molar refractivity (Wildman–Crippen MR) is 172 cm³/mol. The van der Waals surface area contributed by atoms with Gasteiger partial charge in [0.1, 0.15) is 0 Å². The van der Waals surface area contributed by atoms with Gasteiger partial charge in [-0.3, -0.25) is 0 Å². The predicted octanol–water partition coefficient (Wildman–Crippen LogP) is 10.3. The van der Waals surface area contributed by atoms with Gasteiger partial charge in [0, 0.05) is 33.8 Å². The van der Waals surface area contributed by atoms with Crippen LogP contribution < -0.4 is 4.90 Å². The number of benzene rings is 4. The summed E-state index contributed by atoms with van der Waals surface area (Å²) < 4.78 is 0. The Morgan fingerprint density at radius 3 is 1.95 bits per heavy atom. The first kappa shape index (κ1) is 24.4. The fourth-order valence-corrected chi connectivity index (χ4v) is 7.88. The highest BCUT2D eigenvalue weighted by Gasteiger charge is 2.46. The topological polar surface area (TPSA) is 3.24 Å². The van der Waals surface area contributed by atoms with E-state index in [-0.39, 0.29) is 10.8 Å². The molecule has 4 aliphatic carbocycles. The highest BCUT2D eigenvalue weighted by Crippen LogP contribution is 2.59. The number of para-hydroxylation sites is 2. The largest absolute Gasteiger partial charge is 0.314 e. The molecule has 41 heavy (non-hydrogen) atoms. The fourth-order valence-electron chi connectivity index (χ4n) is 7.88. The van der Waals surface area contributed by atoms with Gasteiger partial charge in [0.25, 0.3) is 0 Å². The van der Waals surface area contributed by atoms with Crippen LogP contribution in [0.25, 0.3) is 16.7 Å². The zero-order valence-corrected chi connectivity index (χ0v) is 24.3. The minimum Gasteiger partial charge on any atom is -0.314 e. The molecule has 8 rings (SSSR count). The molecule has 0 bridgehead atoms. The SMILES string of the molecule is CC1(C)C2=C(C3=CC=CCC3C(N(c3ccccc3)c3ccccc3)=C2)c2cc3c(cc21)-c1ccccc1C3(C)C. The number of anilines is 2. The lowest BCUT2D eigenvalue weighted by Crippen LogP contribution is -2.29. The maximum absolute atomic E-state index is 2.55. The van der Waals surface area contributed by atoms with Crippen LogP contribution in [0.3, 0.4) is 0 Å². The van der Waals surface area contributed by atoms with Gasteiger partial charge in [0.2, 0.25) is 0 Å². The van der Waals surface area contributed by atoms with Crippen LogP contribution in [-0.2, 0) is 10.8 Å². The summed E-state index contributed by atoms with van der Waals surface area (Å²) in [5.74, 6) is 0.291. The maximum Gasteiger partial charge on any atom is 0.0458 e. The molecule has 0 N–H and O–H groups in total. The molecule has 0 spiro atoms. The fraction of sp³-hybridized carbons (Fsp3) is 0.200. The Morgan fingerprint density at radius 2 is 1.24 bits per heavy atom. The van der Waals surface area contributed by atoms with Crippen molar-refractivity contribution in [2.45, 2.75) is 44.9 Å². The van der Waals surface area contributed by atoms with Gasteiger partial charge in [-0.05, 0) is 99.0 Å². The van der Waals surface area contributed by atoms with Crippen LogP contribution in [0.1, 0.15) is 56.4 Å². The van der Waals surface area contributed by atoms with Gasteiger partial charge in [0.05, 0.1) is 0 Å². The first-order chi connectivity index (χ1) is 19.9. The summed E-state index contributed by atoms with van der Waals surface area (Å²) in [6.07, 6.45) is 10.5. The van der Waals surface area contributed by atoms with Crippen molar-refractivity contribution in [1.82, 2.24) is 0 Å². The van der Waals surface area contributed by atoms with E-state index in [9.17, 15) is 0 Å². The zero-order valence-electron chi connectivity index (χ0n) is 24.3. The number of allylic oxidation sites excluding steroid dienone is 7. The summed E-state index contributed by atoms with van der Waals surface area (Å²) in [6.45, 7) is 9.63. The first-order valence-corrected chi connectivity index (χ1v) is 14.9. The van der Waals surface area contributed by atoms with E-state index in [1.54, 1.807) is 0 Å². The number of hydrogen-bond acceptors (Lipinski definition) is 1. The number of fused-ring (bicyclic) bond motifs is 7. The molecule has 0 radical (unpaired) electrons. The van der Waals surface area contributed by atoms with E-state index in [0.717, 1.165) is 6.42 Å². The lowest BCUT2D eigenvalue weighted by atomic mass is 9.73. The van der Waals surface area contributed by atoms with E-state index in [1.165, 1.54) is 67.2 Å². The second-order valence-electron chi connectivity index (χ2n) is 12.9. The molecule has 0 aliphatic heterocycles. The molecule has 0 amide bonds. The molecule has 200 valence electrons. The van der Waals surface area contributed by atoms with Crippen molar-refractivity contribution in [3.63, 3.8) is 0 Å². The highest BCUT2D eigenvalue weighted by molar-refractivity contribution is 5.97. The van der Waals surface area contributed by atoms with Gasteiger partial charge in [-0.15, -0.1) is 0 Å². The van der Waals surface area contributed by atoms with Gasteiger partial charge in [-0.1, -0.05) is 107 Å². The summed E-state index contributed by atoms with van der Waals surface area (Å²) in [5.41, 5.74) is 16.6. The van der Waals surface area contributed by atoms with E-state index >= 15 is 0 Å². The molecule has 1 nitrogen and oxygen atoms in total. The number of nitrogens with zero attached hydrogens (tertiary/aromatic N) is 1. The van der Waals surface area contributed by atoms with E-state index in [1.807, 2.05) is 0 Å². The molecule has 0 heterocycles. The molecule has 0 saturated heterocycles. The second-order valence-corrected chi connectivity index (χ2v) is 12.9. The van der Waals surface area contributed by atoms with Crippen LogP contribution in [0.4, 0.5) is 11.4 Å². The summed E-state index contributed by atoms with van der Waals surface area (Å²) in [4.78, 5) is 2.49. The Bertz CT molecular complexity index is 1800. The second kappa shape index (κ2) is 8.57. The van der Waals surface area contributed by atoms with E-state index in [4.69, 9.17) is 0 Å². The molecule has 1 heteroatoms. The van der Waals surface area contributed by atoms with Crippen molar-refractivity contribution in [2.75, 3.05) is 4.90 Å². The van der Waals surface area contributed by atoms with E-state index in [2.05, 4.69) is 154 Å². The average molecular weight is 530 g/mol. The standard InChI is InChI=1S/C40H35N/c1-39(2)33-22-14-13-19-28(33)31-23-35-32(24-34(31)39)38-30-21-12-11-20-29(30)37(25-36(38)40(35,3)4)41(26-15-7-5-8-16-26)27-17-9-6-10-18-27/h5-19,21-25,29H,20H2,1-4H3. The summed E-state index contributed by atoms with van der Waals surface area (Å²) >= 11 is 0. The third kappa shape index (κ3) is 3.36. The molecule has 4 aromatic carbocycles.